The van der Waals surface area contributed by atoms with Gasteiger partial charge in [0.05, 0.1) is 13.2 Å². The van der Waals surface area contributed by atoms with Crippen LogP contribution in [-0.4, -0.2) is 36.4 Å². The van der Waals surface area contributed by atoms with Gasteiger partial charge in [0.15, 0.2) is 5.92 Å². The molecule has 0 aromatic heterocycles. The lowest BCUT2D eigenvalue weighted by molar-refractivity contribution is -0.190. The molecule has 1 N–H and O–H groups in total. The molecule has 6 nitrogen and oxygen atoms in total. The number of carbonyl (C=O) groups excluding carboxylic acids is 2. The van der Waals surface area contributed by atoms with Crippen LogP contribution in [-0.2, 0) is 19.1 Å². The summed E-state index contributed by atoms with van der Waals surface area (Å²) in [4.78, 5) is 27.5. The molecule has 6 heteroatoms. The van der Waals surface area contributed by atoms with Crippen LogP contribution in [0.4, 0.5) is 0 Å². The van der Waals surface area contributed by atoms with Gasteiger partial charge in [0, 0.05) is 6.42 Å². The van der Waals surface area contributed by atoms with Crippen LogP contribution >= 0.6 is 0 Å². The standard InChI is InChI=1S/C32H42O6/c1-36-26-4-2-21(3-5-26)28(33)16-27(31(34)37-29-22-8-17-6-18(10-22)11-23(29)9-17)32(35)38-30-24-12-19-7-20(14-24)15-25(30)13-19/h2-5,17-20,22-25,27-30,33H,6-16H2,1H3/t17?,18?,19?,20?,22?,23?,24?,25?,27?,28-,29?,30?/m0/s1. The van der Waals surface area contributed by atoms with Gasteiger partial charge in [-0.15, -0.1) is 0 Å². The van der Waals surface area contributed by atoms with Crippen LogP contribution in [0.1, 0.15) is 82.3 Å². The molecule has 1 atom stereocenters. The highest BCUT2D eigenvalue weighted by Crippen LogP contribution is 2.56. The quantitative estimate of drug-likeness (QED) is 0.360. The molecule has 8 aliphatic carbocycles. The zero-order chi connectivity index (χ0) is 26.0. The van der Waals surface area contributed by atoms with Crippen LogP contribution in [0, 0.1) is 53.3 Å². The Morgan fingerprint density at radius 2 is 1.11 bits per heavy atom. The summed E-state index contributed by atoms with van der Waals surface area (Å²) in [7, 11) is 1.60. The molecule has 8 bridgehead atoms. The summed E-state index contributed by atoms with van der Waals surface area (Å²) >= 11 is 0. The van der Waals surface area contributed by atoms with Gasteiger partial charge >= 0.3 is 11.9 Å². The molecule has 1 aromatic rings. The van der Waals surface area contributed by atoms with Gasteiger partial charge in [0.25, 0.3) is 0 Å². The van der Waals surface area contributed by atoms with Gasteiger partial charge in [-0.3, -0.25) is 9.59 Å². The second kappa shape index (κ2) is 9.83. The first-order valence-corrected chi connectivity index (χ1v) is 15.2. The molecule has 0 saturated heterocycles. The lowest BCUT2D eigenvalue weighted by Gasteiger charge is -2.54. The van der Waals surface area contributed by atoms with E-state index in [0.29, 0.717) is 35.0 Å². The lowest BCUT2D eigenvalue weighted by Crippen LogP contribution is -2.52. The number of hydrogen-bond acceptors (Lipinski definition) is 6. The predicted molar refractivity (Wildman–Crippen MR) is 140 cm³/mol. The minimum Gasteiger partial charge on any atom is -0.497 e. The van der Waals surface area contributed by atoms with E-state index in [4.69, 9.17) is 14.2 Å². The molecule has 38 heavy (non-hydrogen) atoms. The second-order valence-electron chi connectivity index (χ2n) is 13.7. The van der Waals surface area contributed by atoms with Gasteiger partial charge in [-0.1, -0.05) is 12.1 Å². The first kappa shape index (κ1) is 24.9. The third kappa shape index (κ3) is 4.55. The van der Waals surface area contributed by atoms with Gasteiger partial charge in [-0.2, -0.15) is 0 Å². The highest BCUT2D eigenvalue weighted by molar-refractivity contribution is 5.95. The summed E-state index contributed by atoms with van der Waals surface area (Å²) in [6, 6.07) is 7.14. The SMILES string of the molecule is COc1ccc([C@@H](O)CC(C(=O)OC2C3CC4CC(C3)CC2C4)C(=O)OC2C3CC4CC(C3)CC2C4)cc1. The predicted octanol–water partition coefficient (Wildman–Crippen LogP) is 5.47. The Morgan fingerprint density at radius 3 is 1.47 bits per heavy atom. The molecule has 0 radical (unpaired) electrons. The molecule has 8 aliphatic rings. The van der Waals surface area contributed by atoms with Gasteiger partial charge in [-0.25, -0.2) is 0 Å². The Kier molecular flexibility index (Phi) is 6.45. The van der Waals surface area contributed by atoms with E-state index >= 15 is 0 Å². The Balaban J connectivity index is 1.08. The highest BCUT2D eigenvalue weighted by Gasteiger charge is 2.52. The summed E-state index contributed by atoms with van der Waals surface area (Å²) in [5.41, 5.74) is 0.653. The van der Waals surface area contributed by atoms with E-state index in [2.05, 4.69) is 0 Å². The Hall–Kier alpha value is -2.08. The maximum Gasteiger partial charge on any atom is 0.320 e. The van der Waals surface area contributed by atoms with E-state index in [1.54, 1.807) is 31.4 Å². The maximum atomic E-state index is 13.7. The Morgan fingerprint density at radius 1 is 0.711 bits per heavy atom. The molecule has 0 heterocycles. The number of carbonyl (C=O) groups is 2. The minimum absolute atomic E-state index is 0.0232. The van der Waals surface area contributed by atoms with Crippen molar-refractivity contribution in [3.63, 3.8) is 0 Å². The highest BCUT2D eigenvalue weighted by atomic mass is 16.6. The fourth-order valence-corrected chi connectivity index (χ4v) is 10.0. The zero-order valence-electron chi connectivity index (χ0n) is 22.5. The van der Waals surface area contributed by atoms with Crippen molar-refractivity contribution in [3.8, 4) is 5.75 Å². The van der Waals surface area contributed by atoms with Gasteiger partial charge in [0.2, 0.25) is 0 Å². The van der Waals surface area contributed by atoms with Crippen LogP contribution in [0.2, 0.25) is 0 Å². The molecular formula is C32H42O6. The number of hydrogen-bond donors (Lipinski definition) is 1. The van der Waals surface area contributed by atoms with Crippen molar-refractivity contribution in [1.82, 2.24) is 0 Å². The molecular weight excluding hydrogens is 480 g/mol. The summed E-state index contributed by atoms with van der Waals surface area (Å²) in [6.45, 7) is 0. The monoisotopic (exact) mass is 522 g/mol. The number of aliphatic hydroxyl groups is 1. The van der Waals surface area contributed by atoms with Crippen molar-refractivity contribution < 1.29 is 28.9 Å². The summed E-state index contributed by atoms with van der Waals surface area (Å²) in [6.07, 6.45) is 10.6. The third-order valence-electron chi connectivity index (χ3n) is 11.3. The number of rotatable bonds is 8. The molecule has 0 amide bonds. The molecule has 9 rings (SSSR count). The molecule has 8 fully saturated rings. The van der Waals surface area contributed by atoms with Crippen molar-refractivity contribution in [2.45, 2.75) is 88.9 Å². The van der Waals surface area contributed by atoms with Crippen LogP contribution in [0.3, 0.4) is 0 Å². The lowest BCUT2D eigenvalue weighted by atomic mass is 9.55. The number of aliphatic hydroxyl groups excluding tert-OH is 1. The number of methoxy groups -OCH3 is 1. The average Bonchev–Trinajstić information content (AvgIpc) is 2.90. The number of ether oxygens (including phenoxy) is 3. The van der Waals surface area contributed by atoms with Crippen molar-refractivity contribution in [2.24, 2.45) is 53.3 Å². The van der Waals surface area contributed by atoms with Crippen LogP contribution < -0.4 is 4.74 Å². The third-order valence-corrected chi connectivity index (χ3v) is 11.3. The van der Waals surface area contributed by atoms with E-state index in [1.807, 2.05) is 0 Å². The van der Waals surface area contributed by atoms with E-state index in [-0.39, 0.29) is 18.6 Å². The molecule has 0 unspecified atom stereocenters. The Labute approximate surface area is 225 Å². The average molecular weight is 523 g/mol. The molecule has 206 valence electrons. The largest absolute Gasteiger partial charge is 0.497 e. The fourth-order valence-electron chi connectivity index (χ4n) is 10.0. The van der Waals surface area contributed by atoms with Gasteiger partial charge in [0.1, 0.15) is 18.0 Å². The second-order valence-corrected chi connectivity index (χ2v) is 13.7. The van der Waals surface area contributed by atoms with Crippen LogP contribution in [0.5, 0.6) is 5.75 Å². The van der Waals surface area contributed by atoms with E-state index in [0.717, 1.165) is 75.0 Å². The van der Waals surface area contributed by atoms with Crippen molar-refractivity contribution >= 4 is 11.9 Å². The van der Waals surface area contributed by atoms with Crippen molar-refractivity contribution in [1.29, 1.82) is 0 Å². The first-order valence-electron chi connectivity index (χ1n) is 15.2. The summed E-state index contributed by atoms with van der Waals surface area (Å²) in [5.74, 6) is 3.39. The van der Waals surface area contributed by atoms with Crippen molar-refractivity contribution in [3.05, 3.63) is 29.8 Å². The van der Waals surface area contributed by atoms with Crippen LogP contribution in [0.15, 0.2) is 24.3 Å². The normalized spacial score (nSPS) is 41.5. The Bertz CT molecular complexity index is 937. The minimum atomic E-state index is -1.11. The van der Waals surface area contributed by atoms with Crippen LogP contribution in [0.25, 0.3) is 0 Å². The summed E-state index contributed by atoms with van der Waals surface area (Å²) in [5, 5.41) is 11.1. The topological polar surface area (TPSA) is 82.1 Å². The van der Waals surface area contributed by atoms with E-state index in [1.165, 1.54) is 12.8 Å². The molecule has 1 aromatic carbocycles. The molecule has 0 spiro atoms. The molecule has 0 aliphatic heterocycles. The zero-order valence-corrected chi connectivity index (χ0v) is 22.5. The van der Waals surface area contributed by atoms with Gasteiger partial charge < -0.3 is 19.3 Å². The van der Waals surface area contributed by atoms with E-state index in [9.17, 15) is 14.7 Å². The number of esters is 2. The smallest absolute Gasteiger partial charge is 0.320 e. The molecule has 8 saturated carbocycles. The summed E-state index contributed by atoms with van der Waals surface area (Å²) < 4.78 is 17.7. The van der Waals surface area contributed by atoms with E-state index < -0.39 is 24.0 Å². The maximum absolute atomic E-state index is 13.7. The first-order chi connectivity index (χ1) is 18.4. The fraction of sp³-hybridized carbons (Fsp3) is 0.750. The van der Waals surface area contributed by atoms with Gasteiger partial charge in [-0.05, 0) is 129 Å². The number of benzene rings is 1. The van der Waals surface area contributed by atoms with Crippen molar-refractivity contribution in [2.75, 3.05) is 7.11 Å².